The Labute approximate surface area is 328 Å². The van der Waals surface area contributed by atoms with E-state index in [9.17, 15) is 0 Å². The molecule has 5 heteroatoms. The zero-order valence-corrected chi connectivity index (χ0v) is 30.7. The van der Waals surface area contributed by atoms with E-state index in [0.717, 1.165) is 82.9 Å². The van der Waals surface area contributed by atoms with Crippen LogP contribution in [0.5, 0.6) is 0 Å². The van der Waals surface area contributed by atoms with Crippen LogP contribution in [0.2, 0.25) is 0 Å². The van der Waals surface area contributed by atoms with Crippen LogP contribution >= 0.6 is 0 Å². The summed E-state index contributed by atoms with van der Waals surface area (Å²) in [4.78, 5) is 20.3. The van der Waals surface area contributed by atoms with E-state index in [4.69, 9.17) is 24.4 Å². The smallest absolute Gasteiger partial charge is 0.164 e. The quantitative estimate of drug-likeness (QED) is 0.171. The minimum atomic E-state index is 0.616. The molecule has 8 aromatic carbocycles. The maximum absolute atomic E-state index is 6.67. The number of fused-ring (bicyclic) bond motifs is 6. The average molecular weight is 729 g/mol. The van der Waals surface area contributed by atoms with Gasteiger partial charge in [0.1, 0.15) is 11.2 Å². The molecular weight excluding hydrogens is 697 g/mol. The Balaban J connectivity index is 0.999. The summed E-state index contributed by atoms with van der Waals surface area (Å²) in [6.07, 6.45) is 0. The maximum atomic E-state index is 6.67. The van der Waals surface area contributed by atoms with Gasteiger partial charge in [0, 0.05) is 33.0 Å². The fourth-order valence-electron chi connectivity index (χ4n) is 7.87. The van der Waals surface area contributed by atoms with Crippen molar-refractivity contribution in [3.63, 3.8) is 0 Å². The van der Waals surface area contributed by atoms with Gasteiger partial charge >= 0.3 is 0 Å². The molecule has 0 unspecified atom stereocenters. The van der Waals surface area contributed by atoms with Crippen molar-refractivity contribution >= 4 is 43.6 Å². The molecule has 266 valence electrons. The third kappa shape index (κ3) is 5.81. The molecule has 3 aromatic heterocycles. The monoisotopic (exact) mass is 728 g/mol. The summed E-state index contributed by atoms with van der Waals surface area (Å²) < 4.78 is 6.67. The molecule has 0 N–H and O–H groups in total. The molecule has 0 radical (unpaired) electrons. The summed E-state index contributed by atoms with van der Waals surface area (Å²) >= 11 is 0. The highest BCUT2D eigenvalue weighted by atomic mass is 16.3. The van der Waals surface area contributed by atoms with Crippen molar-refractivity contribution in [3.8, 4) is 67.7 Å². The summed E-state index contributed by atoms with van der Waals surface area (Å²) in [5.74, 6) is 1.87. The Morgan fingerprint density at radius 2 is 0.825 bits per heavy atom. The summed E-state index contributed by atoms with van der Waals surface area (Å²) in [6.45, 7) is 0. The normalized spacial score (nSPS) is 11.5. The summed E-state index contributed by atoms with van der Waals surface area (Å²) in [7, 11) is 0. The molecule has 0 saturated heterocycles. The minimum absolute atomic E-state index is 0.616. The van der Waals surface area contributed by atoms with Crippen LogP contribution in [0.15, 0.2) is 199 Å². The minimum Gasteiger partial charge on any atom is -0.455 e. The largest absolute Gasteiger partial charge is 0.455 e. The van der Waals surface area contributed by atoms with Crippen LogP contribution in [0.4, 0.5) is 0 Å². The third-order valence-electron chi connectivity index (χ3n) is 10.7. The lowest BCUT2D eigenvalue weighted by Crippen LogP contribution is -2.00. The highest BCUT2D eigenvalue weighted by molar-refractivity contribution is 6.21. The molecule has 11 aromatic rings. The predicted molar refractivity (Wildman–Crippen MR) is 233 cm³/mol. The Kier molecular flexibility index (Phi) is 7.74. The van der Waals surface area contributed by atoms with Crippen LogP contribution in [-0.4, -0.2) is 19.9 Å². The lowest BCUT2D eigenvalue weighted by Gasteiger charge is -2.11. The van der Waals surface area contributed by atoms with E-state index in [-0.39, 0.29) is 0 Å². The van der Waals surface area contributed by atoms with E-state index in [1.165, 1.54) is 10.9 Å². The Morgan fingerprint density at radius 3 is 1.51 bits per heavy atom. The standard InChI is InChI=1S/C52H32N4O/c1-3-12-33(13-4-1)34-22-26-38(27-23-34)51-54-50(37-15-5-2-6-16-37)55-52(56-51)39-28-24-35(25-29-39)40-30-31-45-44(32-40)49-47(43-19-9-10-21-46(43)57-49)48(53-45)42-20-11-17-36-14-7-8-18-41(36)42/h1-32H. The molecular formula is C52H32N4O. The number of nitrogens with zero attached hydrogens (tertiary/aromatic N) is 4. The second-order valence-electron chi connectivity index (χ2n) is 14.2. The zero-order chi connectivity index (χ0) is 37.7. The molecule has 0 atom stereocenters. The van der Waals surface area contributed by atoms with Crippen molar-refractivity contribution in [2.75, 3.05) is 0 Å². The first-order chi connectivity index (χ1) is 28.2. The van der Waals surface area contributed by atoms with Crippen molar-refractivity contribution in [3.05, 3.63) is 194 Å². The van der Waals surface area contributed by atoms with Gasteiger partial charge in [-0.15, -0.1) is 0 Å². The van der Waals surface area contributed by atoms with E-state index in [1.807, 2.05) is 48.5 Å². The third-order valence-corrected chi connectivity index (χ3v) is 10.7. The first-order valence-electron chi connectivity index (χ1n) is 19.0. The van der Waals surface area contributed by atoms with Crippen LogP contribution in [0.1, 0.15) is 0 Å². The van der Waals surface area contributed by atoms with E-state index in [0.29, 0.717) is 17.5 Å². The maximum Gasteiger partial charge on any atom is 0.164 e. The summed E-state index contributed by atoms with van der Waals surface area (Å²) in [6, 6.07) is 66.8. The highest BCUT2D eigenvalue weighted by Gasteiger charge is 2.20. The molecule has 0 aliphatic carbocycles. The number of furan rings is 1. The van der Waals surface area contributed by atoms with Crippen LogP contribution in [0.25, 0.3) is 111 Å². The lowest BCUT2D eigenvalue weighted by atomic mass is 9.96. The number of hydrogen-bond acceptors (Lipinski definition) is 5. The van der Waals surface area contributed by atoms with Gasteiger partial charge in [0.15, 0.2) is 17.5 Å². The van der Waals surface area contributed by atoms with E-state index >= 15 is 0 Å². The van der Waals surface area contributed by atoms with Gasteiger partial charge in [0.25, 0.3) is 0 Å². The van der Waals surface area contributed by atoms with Crippen LogP contribution < -0.4 is 0 Å². The van der Waals surface area contributed by atoms with Crippen LogP contribution in [-0.2, 0) is 0 Å². The first kappa shape index (κ1) is 32.7. The number of rotatable bonds is 6. The van der Waals surface area contributed by atoms with Crippen LogP contribution in [0, 0.1) is 0 Å². The van der Waals surface area contributed by atoms with Crippen LogP contribution in [0.3, 0.4) is 0 Å². The Bertz CT molecular complexity index is 3260. The molecule has 0 amide bonds. The summed E-state index contributed by atoms with van der Waals surface area (Å²) in [5.41, 5.74) is 11.8. The van der Waals surface area contributed by atoms with Gasteiger partial charge in [-0.3, -0.25) is 0 Å². The number of benzene rings is 8. The second-order valence-corrected chi connectivity index (χ2v) is 14.2. The molecule has 11 rings (SSSR count). The molecule has 0 aliphatic heterocycles. The molecule has 0 fully saturated rings. The van der Waals surface area contributed by atoms with E-state index in [1.54, 1.807) is 0 Å². The van der Waals surface area contributed by atoms with Gasteiger partial charge in [-0.25, -0.2) is 19.9 Å². The van der Waals surface area contributed by atoms with Crippen molar-refractivity contribution in [2.45, 2.75) is 0 Å². The Hall–Kier alpha value is -7.76. The number of hydrogen-bond donors (Lipinski definition) is 0. The van der Waals surface area contributed by atoms with Crippen molar-refractivity contribution in [1.29, 1.82) is 0 Å². The van der Waals surface area contributed by atoms with E-state index < -0.39 is 0 Å². The fraction of sp³-hybridized carbons (Fsp3) is 0. The van der Waals surface area contributed by atoms with Gasteiger partial charge in [0.2, 0.25) is 0 Å². The average Bonchev–Trinajstić information content (AvgIpc) is 3.69. The molecule has 5 nitrogen and oxygen atoms in total. The molecule has 0 aliphatic rings. The van der Waals surface area contributed by atoms with Gasteiger partial charge in [-0.2, -0.15) is 0 Å². The molecule has 0 spiro atoms. The second kappa shape index (κ2) is 13.5. The predicted octanol–water partition coefficient (Wildman–Crippen LogP) is 13.5. The Morgan fingerprint density at radius 1 is 0.333 bits per heavy atom. The molecule has 3 heterocycles. The van der Waals surface area contributed by atoms with Gasteiger partial charge in [0.05, 0.1) is 16.6 Å². The zero-order valence-electron chi connectivity index (χ0n) is 30.7. The molecule has 57 heavy (non-hydrogen) atoms. The first-order valence-corrected chi connectivity index (χ1v) is 19.0. The van der Waals surface area contributed by atoms with Crippen molar-refractivity contribution in [2.24, 2.45) is 0 Å². The summed E-state index contributed by atoms with van der Waals surface area (Å²) in [5, 5.41) is 5.39. The topological polar surface area (TPSA) is 64.7 Å². The molecule has 0 saturated carbocycles. The highest BCUT2D eigenvalue weighted by Crippen LogP contribution is 2.42. The SMILES string of the molecule is c1ccc(-c2ccc(-c3nc(-c4ccccc4)nc(-c4ccc(-c5ccc6nc(-c7cccc8ccccc78)c7c8ccccc8oc7c6c5)cc4)n3)cc2)cc1. The van der Waals surface area contributed by atoms with Gasteiger partial charge in [-0.1, -0.05) is 176 Å². The van der Waals surface area contributed by atoms with Gasteiger partial charge in [-0.05, 0) is 51.2 Å². The fourth-order valence-corrected chi connectivity index (χ4v) is 7.87. The lowest BCUT2D eigenvalue weighted by molar-refractivity contribution is 0.672. The number of para-hydroxylation sites is 1. The number of pyridine rings is 1. The molecule has 0 bridgehead atoms. The van der Waals surface area contributed by atoms with Crippen molar-refractivity contribution < 1.29 is 4.42 Å². The van der Waals surface area contributed by atoms with E-state index in [2.05, 4.69) is 146 Å². The van der Waals surface area contributed by atoms with Crippen molar-refractivity contribution in [1.82, 2.24) is 19.9 Å². The van der Waals surface area contributed by atoms with Gasteiger partial charge < -0.3 is 4.42 Å². The number of aromatic nitrogens is 4.